The Kier molecular flexibility index (Phi) is 3.90. The van der Waals surface area contributed by atoms with E-state index in [1.165, 1.54) is 16.1 Å². The maximum atomic E-state index is 12.9. The zero-order valence-corrected chi connectivity index (χ0v) is 13.2. The Morgan fingerprint density at radius 1 is 1.23 bits per heavy atom. The molecule has 0 atom stereocenters. The van der Waals surface area contributed by atoms with Crippen LogP contribution in [0.5, 0.6) is 0 Å². The summed E-state index contributed by atoms with van der Waals surface area (Å²) in [6.45, 7) is 0.424. The molecule has 0 bridgehead atoms. The molecule has 0 saturated carbocycles. The van der Waals surface area contributed by atoms with Gasteiger partial charge in [0.25, 0.3) is 10.0 Å². The van der Waals surface area contributed by atoms with Gasteiger partial charge in [-0.1, -0.05) is 17.7 Å². The molecule has 3 aromatic rings. The van der Waals surface area contributed by atoms with E-state index in [1.807, 2.05) is 0 Å². The van der Waals surface area contributed by atoms with E-state index in [0.29, 0.717) is 29.0 Å². The van der Waals surface area contributed by atoms with E-state index in [1.54, 1.807) is 36.7 Å². The minimum absolute atomic E-state index is 0.139. The van der Waals surface area contributed by atoms with E-state index in [2.05, 4.69) is 4.98 Å². The van der Waals surface area contributed by atoms with Gasteiger partial charge in [-0.05, 0) is 48.9 Å². The number of benzene rings is 1. The Hall–Kier alpha value is -1.89. The van der Waals surface area contributed by atoms with Crippen molar-refractivity contribution in [3.63, 3.8) is 0 Å². The third-order valence-corrected chi connectivity index (χ3v) is 5.27. The highest BCUT2D eigenvalue weighted by Crippen LogP contribution is 2.25. The molecular formula is C15H14ClN3O2S. The van der Waals surface area contributed by atoms with Crippen molar-refractivity contribution >= 4 is 32.7 Å². The first-order valence-electron chi connectivity index (χ1n) is 6.70. The van der Waals surface area contributed by atoms with E-state index in [-0.39, 0.29) is 4.90 Å². The molecule has 2 N–H and O–H groups in total. The van der Waals surface area contributed by atoms with Gasteiger partial charge in [0.2, 0.25) is 0 Å². The normalized spacial score (nSPS) is 11.9. The monoisotopic (exact) mass is 335 g/mol. The molecule has 0 amide bonds. The van der Waals surface area contributed by atoms with Crippen LogP contribution >= 0.6 is 11.6 Å². The van der Waals surface area contributed by atoms with Crippen LogP contribution in [0.25, 0.3) is 11.0 Å². The molecule has 5 nitrogen and oxygen atoms in total. The second-order valence-corrected chi connectivity index (χ2v) is 7.07. The summed E-state index contributed by atoms with van der Waals surface area (Å²) < 4.78 is 27.0. The van der Waals surface area contributed by atoms with Gasteiger partial charge in [-0.2, -0.15) is 0 Å². The minimum atomic E-state index is -3.73. The van der Waals surface area contributed by atoms with Crippen molar-refractivity contribution < 1.29 is 8.42 Å². The fourth-order valence-corrected chi connectivity index (χ4v) is 4.05. The molecule has 2 heterocycles. The second kappa shape index (κ2) is 5.72. The lowest BCUT2D eigenvalue weighted by molar-refractivity contribution is 0.589. The third kappa shape index (κ3) is 2.49. The highest BCUT2D eigenvalue weighted by atomic mass is 35.5. The summed E-state index contributed by atoms with van der Waals surface area (Å²) in [5.74, 6) is 0. The first-order valence-corrected chi connectivity index (χ1v) is 8.52. The molecule has 0 aliphatic carbocycles. The first-order chi connectivity index (χ1) is 10.5. The molecule has 0 aliphatic rings. The van der Waals surface area contributed by atoms with Gasteiger partial charge in [-0.15, -0.1) is 0 Å². The summed E-state index contributed by atoms with van der Waals surface area (Å²) in [7, 11) is -3.73. The Morgan fingerprint density at radius 3 is 2.77 bits per heavy atom. The molecule has 0 saturated heterocycles. The van der Waals surface area contributed by atoms with Gasteiger partial charge >= 0.3 is 0 Å². The maximum Gasteiger partial charge on any atom is 0.268 e. The van der Waals surface area contributed by atoms with Crippen LogP contribution in [0.1, 0.15) is 5.56 Å². The molecule has 22 heavy (non-hydrogen) atoms. The van der Waals surface area contributed by atoms with Gasteiger partial charge in [0.15, 0.2) is 0 Å². The average molecular weight is 336 g/mol. The lowest BCUT2D eigenvalue weighted by atomic mass is 10.2. The molecule has 2 aromatic heterocycles. The van der Waals surface area contributed by atoms with Crippen molar-refractivity contribution in [3.8, 4) is 0 Å². The lowest BCUT2D eigenvalue weighted by Crippen LogP contribution is -2.12. The predicted molar refractivity (Wildman–Crippen MR) is 86.5 cm³/mol. The number of pyridine rings is 1. The van der Waals surface area contributed by atoms with Crippen LogP contribution in [0.15, 0.2) is 53.7 Å². The fourth-order valence-electron chi connectivity index (χ4n) is 2.37. The number of halogens is 1. The average Bonchev–Trinajstić information content (AvgIpc) is 2.88. The van der Waals surface area contributed by atoms with E-state index in [9.17, 15) is 8.42 Å². The Balaban J connectivity index is 2.25. The highest BCUT2D eigenvalue weighted by Gasteiger charge is 2.21. The summed E-state index contributed by atoms with van der Waals surface area (Å²) in [4.78, 5) is 4.42. The maximum absolute atomic E-state index is 12.9. The van der Waals surface area contributed by atoms with Crippen LogP contribution in [0.3, 0.4) is 0 Å². The number of nitrogens with zero attached hydrogens (tertiary/aromatic N) is 2. The molecular weight excluding hydrogens is 322 g/mol. The van der Waals surface area contributed by atoms with Gasteiger partial charge in [0.05, 0.1) is 15.9 Å². The Labute approximate surface area is 133 Å². The van der Waals surface area contributed by atoms with E-state index in [4.69, 9.17) is 17.3 Å². The quantitative estimate of drug-likeness (QED) is 0.794. The van der Waals surface area contributed by atoms with E-state index in [0.717, 1.165) is 5.56 Å². The summed E-state index contributed by atoms with van der Waals surface area (Å²) >= 11 is 5.91. The van der Waals surface area contributed by atoms with Crippen molar-refractivity contribution in [2.24, 2.45) is 5.73 Å². The van der Waals surface area contributed by atoms with Gasteiger partial charge < -0.3 is 5.73 Å². The van der Waals surface area contributed by atoms with Crippen LogP contribution in [-0.4, -0.2) is 23.9 Å². The number of aromatic nitrogens is 2. The molecule has 114 valence electrons. The number of hydrogen-bond donors (Lipinski definition) is 1. The number of nitrogens with two attached hydrogens (primary N) is 1. The van der Waals surface area contributed by atoms with Crippen LogP contribution < -0.4 is 5.73 Å². The van der Waals surface area contributed by atoms with Gasteiger partial charge in [0.1, 0.15) is 0 Å². The van der Waals surface area contributed by atoms with Gasteiger partial charge in [-0.3, -0.25) is 4.98 Å². The minimum Gasteiger partial charge on any atom is -0.330 e. The van der Waals surface area contributed by atoms with Crippen molar-refractivity contribution in [1.29, 1.82) is 0 Å². The van der Waals surface area contributed by atoms with Crippen LogP contribution in [0, 0.1) is 0 Å². The van der Waals surface area contributed by atoms with Crippen molar-refractivity contribution in [3.05, 3.63) is 59.4 Å². The summed E-state index contributed by atoms with van der Waals surface area (Å²) in [5.41, 5.74) is 7.59. The molecule has 0 fully saturated rings. The van der Waals surface area contributed by atoms with E-state index >= 15 is 0 Å². The zero-order chi connectivity index (χ0) is 15.7. The standard InChI is InChI=1S/C15H14ClN3O2S/c16-12-3-1-4-13(9-12)22(20,21)19-10-11(6-7-17)15-14(19)5-2-8-18-15/h1-5,8-10H,6-7,17H2. The molecule has 0 unspecified atom stereocenters. The predicted octanol–water partition coefficient (Wildman–Crippen LogP) is 2.43. The van der Waals surface area contributed by atoms with Gasteiger partial charge in [0, 0.05) is 17.4 Å². The molecule has 0 aliphatic heterocycles. The van der Waals surface area contributed by atoms with Crippen LogP contribution in [0.2, 0.25) is 5.02 Å². The first kappa shape index (κ1) is 15.0. The van der Waals surface area contributed by atoms with Crippen molar-refractivity contribution in [1.82, 2.24) is 8.96 Å². The summed E-state index contributed by atoms with van der Waals surface area (Å²) in [6, 6.07) is 9.63. The van der Waals surface area contributed by atoms with Crippen molar-refractivity contribution in [2.45, 2.75) is 11.3 Å². The zero-order valence-electron chi connectivity index (χ0n) is 11.6. The van der Waals surface area contributed by atoms with Crippen molar-refractivity contribution in [2.75, 3.05) is 6.54 Å². The van der Waals surface area contributed by atoms with E-state index < -0.39 is 10.0 Å². The van der Waals surface area contributed by atoms with Crippen LogP contribution in [0.4, 0.5) is 0 Å². The Bertz CT molecular complexity index is 935. The molecule has 0 radical (unpaired) electrons. The van der Waals surface area contributed by atoms with Crippen LogP contribution in [-0.2, 0) is 16.4 Å². The van der Waals surface area contributed by atoms with Gasteiger partial charge in [-0.25, -0.2) is 12.4 Å². The Morgan fingerprint density at radius 2 is 2.05 bits per heavy atom. The summed E-state index contributed by atoms with van der Waals surface area (Å²) in [5, 5.41) is 0.373. The molecule has 3 rings (SSSR count). The highest BCUT2D eigenvalue weighted by molar-refractivity contribution is 7.90. The number of fused-ring (bicyclic) bond motifs is 1. The lowest BCUT2D eigenvalue weighted by Gasteiger charge is -2.07. The second-order valence-electron chi connectivity index (χ2n) is 4.82. The molecule has 7 heteroatoms. The largest absolute Gasteiger partial charge is 0.330 e. The smallest absolute Gasteiger partial charge is 0.268 e. The molecule has 1 aromatic carbocycles. The number of rotatable bonds is 4. The fraction of sp³-hybridized carbons (Fsp3) is 0.133. The molecule has 0 spiro atoms. The SMILES string of the molecule is NCCc1cn(S(=O)(=O)c2cccc(Cl)c2)c2cccnc12. The summed E-state index contributed by atoms with van der Waals surface area (Å²) in [6.07, 6.45) is 3.78. The third-order valence-electron chi connectivity index (χ3n) is 3.37. The number of hydrogen-bond acceptors (Lipinski definition) is 4. The topological polar surface area (TPSA) is 78.0 Å².